The molecule has 2 aromatic rings. The van der Waals surface area contributed by atoms with Gasteiger partial charge in [-0.1, -0.05) is 29.8 Å². The van der Waals surface area contributed by atoms with E-state index in [9.17, 15) is 9.18 Å². The minimum Gasteiger partial charge on any atom is -0.489 e. The number of carbonyl (C=O) groups excluding carboxylic acids is 1. The summed E-state index contributed by atoms with van der Waals surface area (Å²) in [5, 5.41) is 9.42. The van der Waals surface area contributed by atoms with Gasteiger partial charge in [0.05, 0.1) is 17.1 Å². The fraction of sp³-hybridized carbons (Fsp3) is 0.300. The third-order valence-electron chi connectivity index (χ3n) is 3.74. The van der Waals surface area contributed by atoms with Crippen molar-refractivity contribution >= 4 is 47.4 Å². The van der Waals surface area contributed by atoms with E-state index in [0.717, 1.165) is 0 Å². The van der Waals surface area contributed by atoms with E-state index in [2.05, 4.69) is 20.9 Å². The van der Waals surface area contributed by atoms with Gasteiger partial charge in [-0.2, -0.15) is 0 Å². The van der Waals surface area contributed by atoms with Gasteiger partial charge in [-0.05, 0) is 31.2 Å². The number of ether oxygens (including phenoxy) is 1. The van der Waals surface area contributed by atoms with E-state index in [1.165, 1.54) is 12.1 Å². The lowest BCUT2D eigenvalue weighted by Crippen LogP contribution is -2.44. The fourth-order valence-corrected chi connectivity index (χ4v) is 2.59. The molecule has 6 nitrogen and oxygen atoms in total. The number of benzene rings is 2. The Bertz CT molecular complexity index is 823. The Morgan fingerprint density at radius 1 is 1.14 bits per heavy atom. The van der Waals surface area contributed by atoms with Gasteiger partial charge in [0.1, 0.15) is 17.7 Å². The summed E-state index contributed by atoms with van der Waals surface area (Å²) in [5.74, 6) is 0.475. The predicted octanol–water partition coefficient (Wildman–Crippen LogP) is 3.46. The molecule has 0 aliphatic rings. The molecule has 1 atom stereocenters. The third-order valence-corrected chi connectivity index (χ3v) is 4.06. The Kier molecular flexibility index (Phi) is 11.4. The van der Waals surface area contributed by atoms with Gasteiger partial charge in [-0.25, -0.2) is 4.39 Å². The predicted molar refractivity (Wildman–Crippen MR) is 125 cm³/mol. The highest BCUT2D eigenvalue weighted by Gasteiger charge is 2.09. The molecule has 0 aliphatic heterocycles. The standard InChI is InChI=1S/C20H24ClFN4O2.HI/c1-14(28-16-7-5-6-15(22)12-16)13-26-20(23-2)25-11-10-24-19(27)17-8-3-4-9-18(17)21;/h3-9,12,14H,10-11,13H2,1-2H3,(H,24,27)(H2,23,25,26);1H. The van der Waals surface area contributed by atoms with Crippen LogP contribution in [0.5, 0.6) is 5.75 Å². The van der Waals surface area contributed by atoms with Gasteiger partial charge in [0, 0.05) is 26.2 Å². The van der Waals surface area contributed by atoms with Crippen molar-refractivity contribution < 1.29 is 13.9 Å². The zero-order valence-electron chi connectivity index (χ0n) is 16.2. The highest BCUT2D eigenvalue weighted by atomic mass is 127. The van der Waals surface area contributed by atoms with E-state index in [1.54, 1.807) is 43.4 Å². The van der Waals surface area contributed by atoms with E-state index in [1.807, 2.05) is 6.92 Å². The van der Waals surface area contributed by atoms with Crippen molar-refractivity contribution in [3.63, 3.8) is 0 Å². The van der Waals surface area contributed by atoms with Gasteiger partial charge < -0.3 is 20.7 Å². The molecule has 0 aromatic heterocycles. The van der Waals surface area contributed by atoms with Crippen LogP contribution in [0.15, 0.2) is 53.5 Å². The lowest BCUT2D eigenvalue weighted by molar-refractivity contribution is 0.0954. The smallest absolute Gasteiger partial charge is 0.252 e. The Hall–Kier alpha value is -2.07. The molecule has 0 heterocycles. The summed E-state index contributed by atoms with van der Waals surface area (Å²) in [6, 6.07) is 12.9. The first-order chi connectivity index (χ1) is 13.5. The minimum atomic E-state index is -0.339. The fourth-order valence-electron chi connectivity index (χ4n) is 2.37. The summed E-state index contributed by atoms with van der Waals surface area (Å²) in [6.07, 6.45) is -0.194. The molecule has 0 saturated heterocycles. The molecule has 0 saturated carbocycles. The van der Waals surface area contributed by atoms with Gasteiger partial charge in [0.25, 0.3) is 5.91 Å². The number of aliphatic imine (C=N–C) groups is 1. The van der Waals surface area contributed by atoms with Crippen LogP contribution in [0.1, 0.15) is 17.3 Å². The average Bonchev–Trinajstić information content (AvgIpc) is 2.67. The van der Waals surface area contributed by atoms with Gasteiger partial charge in [-0.15, -0.1) is 24.0 Å². The van der Waals surface area contributed by atoms with Crippen LogP contribution in [0.3, 0.4) is 0 Å². The minimum absolute atomic E-state index is 0. The van der Waals surface area contributed by atoms with Crippen molar-refractivity contribution in [3.8, 4) is 5.75 Å². The number of guanidine groups is 1. The van der Waals surface area contributed by atoms with Crippen molar-refractivity contribution in [1.29, 1.82) is 0 Å². The van der Waals surface area contributed by atoms with Crippen LogP contribution in [0.4, 0.5) is 4.39 Å². The molecule has 3 N–H and O–H groups in total. The monoisotopic (exact) mass is 534 g/mol. The largest absolute Gasteiger partial charge is 0.489 e. The quantitative estimate of drug-likeness (QED) is 0.210. The van der Waals surface area contributed by atoms with Crippen molar-refractivity contribution in [1.82, 2.24) is 16.0 Å². The van der Waals surface area contributed by atoms with Gasteiger partial charge >= 0.3 is 0 Å². The maximum Gasteiger partial charge on any atom is 0.252 e. The highest BCUT2D eigenvalue weighted by molar-refractivity contribution is 14.0. The Morgan fingerprint density at radius 3 is 2.55 bits per heavy atom. The second-order valence-corrected chi connectivity index (χ2v) is 6.41. The van der Waals surface area contributed by atoms with Crippen LogP contribution in [-0.2, 0) is 0 Å². The summed E-state index contributed by atoms with van der Waals surface area (Å²) in [7, 11) is 1.65. The molecule has 9 heteroatoms. The van der Waals surface area contributed by atoms with Crippen LogP contribution in [-0.4, -0.2) is 44.7 Å². The number of hydrogen-bond acceptors (Lipinski definition) is 3. The number of nitrogens with zero attached hydrogens (tertiary/aromatic N) is 1. The number of rotatable bonds is 8. The van der Waals surface area contributed by atoms with E-state index >= 15 is 0 Å². The van der Waals surface area contributed by atoms with Crippen LogP contribution < -0.4 is 20.7 Å². The molecule has 29 heavy (non-hydrogen) atoms. The van der Waals surface area contributed by atoms with Crippen molar-refractivity contribution in [2.75, 3.05) is 26.7 Å². The Morgan fingerprint density at radius 2 is 1.86 bits per heavy atom. The number of halogens is 3. The molecule has 2 aromatic carbocycles. The third kappa shape index (κ3) is 8.86. The maximum atomic E-state index is 13.2. The normalized spacial score (nSPS) is 11.8. The molecule has 2 rings (SSSR count). The number of hydrogen-bond donors (Lipinski definition) is 3. The van der Waals surface area contributed by atoms with Crippen LogP contribution in [0.25, 0.3) is 0 Å². The average molecular weight is 535 g/mol. The SMILES string of the molecule is CN=C(NCCNC(=O)c1ccccc1Cl)NCC(C)Oc1cccc(F)c1.I. The van der Waals surface area contributed by atoms with Crippen molar-refractivity contribution in [2.45, 2.75) is 13.0 Å². The number of amides is 1. The summed E-state index contributed by atoms with van der Waals surface area (Å²) in [5.41, 5.74) is 0.440. The Balaban J connectivity index is 0.00000420. The summed E-state index contributed by atoms with van der Waals surface area (Å²) in [6.45, 7) is 3.23. The molecule has 0 spiro atoms. The van der Waals surface area contributed by atoms with Crippen LogP contribution in [0, 0.1) is 5.82 Å². The molecular formula is C20H25ClFIN4O2. The topological polar surface area (TPSA) is 74.8 Å². The summed E-state index contributed by atoms with van der Waals surface area (Å²) < 4.78 is 18.8. The molecule has 1 amide bonds. The first-order valence-corrected chi connectivity index (χ1v) is 9.27. The van der Waals surface area contributed by atoms with Crippen molar-refractivity contribution in [3.05, 3.63) is 64.9 Å². The molecule has 0 radical (unpaired) electrons. The zero-order valence-corrected chi connectivity index (χ0v) is 19.3. The van der Waals surface area contributed by atoms with Crippen LogP contribution >= 0.6 is 35.6 Å². The van der Waals surface area contributed by atoms with E-state index in [4.69, 9.17) is 16.3 Å². The molecule has 0 bridgehead atoms. The first kappa shape index (κ1) is 25.0. The summed E-state index contributed by atoms with van der Waals surface area (Å²) >= 11 is 6.00. The number of nitrogens with one attached hydrogen (secondary N) is 3. The second-order valence-electron chi connectivity index (χ2n) is 6.00. The molecule has 0 aliphatic carbocycles. The summed E-state index contributed by atoms with van der Waals surface area (Å²) in [4.78, 5) is 16.2. The van der Waals surface area contributed by atoms with E-state index in [0.29, 0.717) is 41.9 Å². The number of carbonyl (C=O) groups is 1. The maximum absolute atomic E-state index is 13.2. The molecule has 1 unspecified atom stereocenters. The lowest BCUT2D eigenvalue weighted by atomic mass is 10.2. The molecular weight excluding hydrogens is 510 g/mol. The van der Waals surface area contributed by atoms with E-state index in [-0.39, 0.29) is 41.8 Å². The molecule has 158 valence electrons. The van der Waals surface area contributed by atoms with Gasteiger partial charge in [-0.3, -0.25) is 9.79 Å². The molecule has 0 fully saturated rings. The Labute approximate surface area is 192 Å². The highest BCUT2D eigenvalue weighted by Crippen LogP contribution is 2.14. The van der Waals surface area contributed by atoms with Gasteiger partial charge in [0.2, 0.25) is 0 Å². The zero-order chi connectivity index (χ0) is 20.4. The lowest BCUT2D eigenvalue weighted by Gasteiger charge is -2.18. The second kappa shape index (κ2) is 13.2. The van der Waals surface area contributed by atoms with Crippen LogP contribution in [0.2, 0.25) is 5.02 Å². The first-order valence-electron chi connectivity index (χ1n) is 8.89. The van der Waals surface area contributed by atoms with Gasteiger partial charge in [0.15, 0.2) is 5.96 Å². The van der Waals surface area contributed by atoms with Crippen molar-refractivity contribution in [2.24, 2.45) is 4.99 Å². The van der Waals surface area contributed by atoms with E-state index < -0.39 is 0 Å².